The van der Waals surface area contributed by atoms with Crippen LogP contribution in [0.15, 0.2) is 34.1 Å². The summed E-state index contributed by atoms with van der Waals surface area (Å²) in [6.07, 6.45) is 0.616. The third-order valence-electron chi connectivity index (χ3n) is 4.05. The van der Waals surface area contributed by atoms with Crippen LogP contribution in [0.2, 0.25) is 0 Å². The van der Waals surface area contributed by atoms with E-state index in [0.29, 0.717) is 26.2 Å². The molecule has 0 bridgehead atoms. The maximum atomic E-state index is 12.6. The van der Waals surface area contributed by atoms with Gasteiger partial charge >= 0.3 is 6.03 Å². The quantitative estimate of drug-likeness (QED) is 0.670. The molecule has 12 heteroatoms. The molecule has 26 heavy (non-hydrogen) atoms. The van der Waals surface area contributed by atoms with Crippen molar-refractivity contribution in [3.05, 3.63) is 24.3 Å². The highest BCUT2D eigenvalue weighted by Crippen LogP contribution is 2.19. The molecule has 0 radical (unpaired) electrons. The van der Waals surface area contributed by atoms with E-state index in [1.54, 1.807) is 0 Å². The molecule has 0 unspecified atom stereocenters. The molecule has 0 aromatic heterocycles. The maximum Gasteiger partial charge on any atom is 0.332 e. The van der Waals surface area contributed by atoms with Gasteiger partial charge in [0.15, 0.2) is 0 Å². The third kappa shape index (κ3) is 3.99. The fourth-order valence-corrected chi connectivity index (χ4v) is 5.11. The number of rotatable bonds is 5. The highest BCUT2D eigenvalue weighted by atomic mass is 32.2. The fourth-order valence-electron chi connectivity index (χ4n) is 2.64. The van der Waals surface area contributed by atoms with Crippen molar-refractivity contribution in [2.45, 2.75) is 16.2 Å². The first kappa shape index (κ1) is 19.0. The number of urea groups is 1. The lowest BCUT2D eigenvalue weighted by Crippen LogP contribution is -2.54. The van der Waals surface area contributed by atoms with Gasteiger partial charge in [0.2, 0.25) is 10.0 Å². The van der Waals surface area contributed by atoms with Gasteiger partial charge in [-0.25, -0.2) is 26.6 Å². The number of hydrogen-bond donors (Lipinski definition) is 2. The summed E-state index contributed by atoms with van der Waals surface area (Å²) in [5, 5.41) is 3.52. The molecule has 2 saturated heterocycles. The summed E-state index contributed by atoms with van der Waals surface area (Å²) in [5.41, 5.74) is 0. The van der Waals surface area contributed by atoms with Gasteiger partial charge in [-0.1, -0.05) is 0 Å². The van der Waals surface area contributed by atoms with Crippen LogP contribution in [0.4, 0.5) is 4.79 Å². The van der Waals surface area contributed by atoms with E-state index >= 15 is 0 Å². The highest BCUT2D eigenvalue weighted by molar-refractivity contribution is 7.89. The number of sulfonamides is 2. The third-order valence-corrected chi connectivity index (χ3v) is 7.32. The number of amides is 2. The molecule has 2 fully saturated rings. The number of morpholine rings is 1. The van der Waals surface area contributed by atoms with Crippen LogP contribution in [-0.4, -0.2) is 71.6 Å². The smallest absolute Gasteiger partial charge is 0.332 e. The lowest BCUT2D eigenvalue weighted by atomic mass is 10.4. The van der Waals surface area contributed by atoms with Crippen LogP contribution in [-0.2, 0) is 24.8 Å². The molecule has 2 aliphatic heterocycles. The summed E-state index contributed by atoms with van der Waals surface area (Å²) in [6.45, 7) is 1.92. The van der Waals surface area contributed by atoms with Crippen molar-refractivity contribution in [3.63, 3.8) is 0 Å². The molecule has 2 aliphatic rings. The summed E-state index contributed by atoms with van der Waals surface area (Å²) < 4.78 is 56.3. The van der Waals surface area contributed by atoms with E-state index in [-0.39, 0.29) is 29.4 Å². The number of carbonyl (C=O) groups excluding carboxylic acids is 1. The first-order valence-corrected chi connectivity index (χ1v) is 11.0. The van der Waals surface area contributed by atoms with Gasteiger partial charge in [-0.05, 0) is 30.7 Å². The lowest BCUT2D eigenvalue weighted by molar-refractivity contribution is 0.0730. The number of nitrogens with zero attached hydrogens (tertiary/aromatic N) is 2. The summed E-state index contributed by atoms with van der Waals surface area (Å²) in [5.74, 6) is 0. The van der Waals surface area contributed by atoms with E-state index in [2.05, 4.69) is 10.1 Å². The van der Waals surface area contributed by atoms with Crippen molar-refractivity contribution in [3.8, 4) is 0 Å². The predicted molar refractivity (Wildman–Crippen MR) is 91.1 cm³/mol. The molecule has 2 amide bonds. The molecule has 0 aliphatic carbocycles. The molecule has 0 atom stereocenters. The van der Waals surface area contributed by atoms with Gasteiger partial charge in [0.1, 0.15) is 0 Å². The van der Waals surface area contributed by atoms with Gasteiger partial charge in [0.05, 0.1) is 23.0 Å². The Labute approximate surface area is 152 Å². The molecule has 3 rings (SSSR count). The molecule has 144 valence electrons. The summed E-state index contributed by atoms with van der Waals surface area (Å²) >= 11 is 0. The Kier molecular flexibility index (Phi) is 5.48. The van der Waals surface area contributed by atoms with E-state index in [4.69, 9.17) is 4.74 Å². The molecule has 10 nitrogen and oxygen atoms in total. The number of carbonyl (C=O) groups is 1. The average molecular weight is 404 g/mol. The van der Waals surface area contributed by atoms with Gasteiger partial charge in [-0.3, -0.25) is 0 Å². The average Bonchev–Trinajstić information content (AvgIpc) is 2.64. The van der Waals surface area contributed by atoms with E-state index < -0.39 is 26.1 Å². The second kappa shape index (κ2) is 7.48. The summed E-state index contributed by atoms with van der Waals surface area (Å²) in [7, 11) is -7.69. The zero-order chi connectivity index (χ0) is 18.8. The highest BCUT2D eigenvalue weighted by Gasteiger charge is 2.28. The van der Waals surface area contributed by atoms with Crippen LogP contribution in [0, 0.1) is 0 Å². The Morgan fingerprint density at radius 1 is 0.962 bits per heavy atom. The van der Waals surface area contributed by atoms with E-state index in [0.717, 1.165) is 5.01 Å². The first-order chi connectivity index (χ1) is 12.3. The predicted octanol–water partition coefficient (Wildman–Crippen LogP) is -0.684. The Morgan fingerprint density at radius 3 is 2.19 bits per heavy atom. The van der Waals surface area contributed by atoms with Crippen molar-refractivity contribution in [2.24, 2.45) is 0 Å². The fraction of sp³-hybridized carbons (Fsp3) is 0.500. The standard InChI is InChI=1S/C14H20N4O6S2/c19-14-15-6-1-7-18(14)16-25(20,21)12-2-4-13(5-3-12)26(22,23)17-8-10-24-11-9-17/h2-5,16H,1,6-11H2,(H,15,19). The van der Waals surface area contributed by atoms with E-state index in [1.165, 1.54) is 28.6 Å². The van der Waals surface area contributed by atoms with Crippen molar-refractivity contribution >= 4 is 26.1 Å². The minimum atomic E-state index is -3.99. The number of nitrogens with one attached hydrogen (secondary N) is 2. The van der Waals surface area contributed by atoms with Gasteiger partial charge < -0.3 is 10.1 Å². The van der Waals surface area contributed by atoms with Crippen molar-refractivity contribution < 1.29 is 26.4 Å². The second-order valence-electron chi connectivity index (χ2n) is 5.82. The van der Waals surface area contributed by atoms with Crippen molar-refractivity contribution in [1.82, 2.24) is 19.5 Å². The monoisotopic (exact) mass is 404 g/mol. The molecule has 2 heterocycles. The van der Waals surface area contributed by atoms with Crippen LogP contribution < -0.4 is 10.1 Å². The number of hydrogen-bond acceptors (Lipinski definition) is 6. The Morgan fingerprint density at radius 2 is 1.58 bits per heavy atom. The molecule has 1 aromatic rings. The second-order valence-corrected chi connectivity index (χ2v) is 9.42. The maximum absolute atomic E-state index is 12.6. The number of ether oxygens (including phenoxy) is 1. The van der Waals surface area contributed by atoms with Crippen LogP contribution in [0.3, 0.4) is 0 Å². The van der Waals surface area contributed by atoms with E-state index in [1.807, 2.05) is 0 Å². The minimum absolute atomic E-state index is 0.00839. The molecule has 2 N–H and O–H groups in total. The summed E-state index contributed by atoms with van der Waals surface area (Å²) in [4.78, 5) is 13.7. The normalized spacial score (nSPS) is 20.0. The van der Waals surface area contributed by atoms with Gasteiger partial charge in [-0.2, -0.15) is 4.31 Å². The summed E-state index contributed by atoms with van der Waals surface area (Å²) in [6, 6.07) is 4.38. The zero-order valence-corrected chi connectivity index (χ0v) is 15.6. The molecule has 0 spiro atoms. The largest absolute Gasteiger partial charge is 0.379 e. The molecule has 0 saturated carbocycles. The number of hydrazine groups is 1. The Bertz CT molecular complexity index is 863. The lowest BCUT2D eigenvalue weighted by Gasteiger charge is -2.27. The van der Waals surface area contributed by atoms with Crippen LogP contribution in [0.5, 0.6) is 0 Å². The molecule has 1 aromatic carbocycles. The Hall–Kier alpha value is -1.73. The van der Waals surface area contributed by atoms with Gasteiger partial charge in [-0.15, -0.1) is 4.83 Å². The van der Waals surface area contributed by atoms with Crippen molar-refractivity contribution in [2.75, 3.05) is 39.4 Å². The van der Waals surface area contributed by atoms with Crippen LogP contribution in [0.1, 0.15) is 6.42 Å². The first-order valence-electron chi connectivity index (χ1n) is 8.06. The molecular weight excluding hydrogens is 384 g/mol. The Balaban J connectivity index is 1.77. The topological polar surface area (TPSA) is 125 Å². The van der Waals surface area contributed by atoms with Crippen LogP contribution in [0.25, 0.3) is 0 Å². The molecular formula is C14H20N4O6S2. The zero-order valence-electron chi connectivity index (χ0n) is 13.9. The van der Waals surface area contributed by atoms with Crippen LogP contribution >= 0.6 is 0 Å². The van der Waals surface area contributed by atoms with Gasteiger partial charge in [0.25, 0.3) is 10.0 Å². The SMILES string of the molecule is O=C1NCCCN1NS(=O)(=O)c1ccc(S(=O)(=O)N2CCOCC2)cc1. The number of benzene rings is 1. The van der Waals surface area contributed by atoms with Crippen molar-refractivity contribution in [1.29, 1.82) is 0 Å². The van der Waals surface area contributed by atoms with Gasteiger partial charge in [0, 0.05) is 26.2 Å². The van der Waals surface area contributed by atoms with E-state index in [9.17, 15) is 21.6 Å². The minimum Gasteiger partial charge on any atom is -0.379 e.